The summed E-state index contributed by atoms with van der Waals surface area (Å²) in [6, 6.07) is 1.08. The van der Waals surface area contributed by atoms with Crippen molar-refractivity contribution in [2.24, 2.45) is 0 Å². The molecule has 0 amide bonds. The topological polar surface area (TPSA) is 102 Å². The van der Waals surface area contributed by atoms with E-state index in [9.17, 15) is 19.7 Å². The van der Waals surface area contributed by atoms with Gasteiger partial charge in [0.05, 0.1) is 22.0 Å². The lowest BCUT2D eigenvalue weighted by Gasteiger charge is -2.03. The van der Waals surface area contributed by atoms with Gasteiger partial charge in [-0.15, -0.1) is 0 Å². The number of nitrogens with zero attached hydrogens (tertiary/aromatic N) is 2. The lowest BCUT2D eigenvalue weighted by atomic mass is 10.3. The molecule has 0 spiro atoms. The van der Waals surface area contributed by atoms with Gasteiger partial charge in [-0.25, -0.2) is 0 Å². The molecule has 0 saturated carbocycles. The number of carboxylic acid groups (broad SMARTS) is 1. The fourth-order valence-electron chi connectivity index (χ4n) is 1.07. The van der Waals surface area contributed by atoms with Crippen molar-refractivity contribution in [3.8, 4) is 0 Å². The largest absolute Gasteiger partial charge is 0.481 e. The molecule has 0 unspecified atom stereocenters. The molecule has 1 aromatic heterocycles. The molecule has 0 fully saturated rings. The van der Waals surface area contributed by atoms with E-state index in [0.29, 0.717) is 0 Å². The molecule has 8 heteroatoms. The van der Waals surface area contributed by atoms with E-state index in [1.165, 1.54) is 0 Å². The zero-order valence-electron chi connectivity index (χ0n) is 7.92. The highest BCUT2D eigenvalue weighted by molar-refractivity contribution is 9.10. The molecule has 1 heterocycles. The monoisotopic (exact) mass is 290 g/mol. The molecule has 0 bridgehead atoms. The molecule has 86 valence electrons. The number of aryl methyl sites for hydroxylation is 1. The Balaban J connectivity index is 3.12. The number of halogens is 1. The number of carboxylic acids is 1. The average molecular weight is 291 g/mol. The minimum Gasteiger partial charge on any atom is -0.481 e. The minimum atomic E-state index is -1.07. The first-order valence-corrected chi connectivity index (χ1v) is 4.97. The Hall–Kier alpha value is -1.70. The Labute approximate surface area is 97.6 Å². The van der Waals surface area contributed by atoms with Gasteiger partial charge in [-0.1, -0.05) is 0 Å². The SMILES string of the molecule is O=C(O)CCn1cc([N+](=O)[O-])cc(Br)c1=O. The third-order valence-electron chi connectivity index (χ3n) is 1.81. The van der Waals surface area contributed by atoms with Crippen molar-refractivity contribution in [1.29, 1.82) is 0 Å². The van der Waals surface area contributed by atoms with Crippen LogP contribution in [0.3, 0.4) is 0 Å². The van der Waals surface area contributed by atoms with Gasteiger partial charge < -0.3 is 9.67 Å². The van der Waals surface area contributed by atoms with Crippen LogP contribution in [0.25, 0.3) is 0 Å². The molecule has 0 atom stereocenters. The van der Waals surface area contributed by atoms with Gasteiger partial charge in [0.25, 0.3) is 11.2 Å². The Morgan fingerprint density at radius 3 is 2.75 bits per heavy atom. The number of pyridine rings is 1. The van der Waals surface area contributed by atoms with Gasteiger partial charge >= 0.3 is 5.97 Å². The molecule has 0 aliphatic heterocycles. The van der Waals surface area contributed by atoms with Gasteiger partial charge in [-0.05, 0) is 15.9 Å². The molecule has 0 aliphatic rings. The third-order valence-corrected chi connectivity index (χ3v) is 2.37. The molecule has 1 N–H and O–H groups in total. The number of nitro groups is 1. The van der Waals surface area contributed by atoms with E-state index in [4.69, 9.17) is 5.11 Å². The quantitative estimate of drug-likeness (QED) is 0.658. The molecule has 7 nitrogen and oxygen atoms in total. The van der Waals surface area contributed by atoms with Gasteiger partial charge in [-0.3, -0.25) is 19.7 Å². The fraction of sp³-hybridized carbons (Fsp3) is 0.250. The predicted molar refractivity (Wildman–Crippen MR) is 57.3 cm³/mol. The number of aromatic nitrogens is 1. The van der Waals surface area contributed by atoms with E-state index in [-0.39, 0.29) is 23.1 Å². The van der Waals surface area contributed by atoms with E-state index in [1.54, 1.807) is 0 Å². The molecular formula is C8H7BrN2O5. The Bertz CT molecular complexity index is 496. The van der Waals surface area contributed by atoms with Crippen LogP contribution >= 0.6 is 15.9 Å². The lowest BCUT2D eigenvalue weighted by molar-refractivity contribution is -0.385. The summed E-state index contributed by atoms with van der Waals surface area (Å²) in [6.45, 7) is -0.103. The summed E-state index contributed by atoms with van der Waals surface area (Å²) in [6.07, 6.45) is 0.754. The van der Waals surface area contributed by atoms with Crippen LogP contribution in [0.5, 0.6) is 0 Å². The molecule has 0 aliphatic carbocycles. The summed E-state index contributed by atoms with van der Waals surface area (Å²) in [5.41, 5.74) is -0.760. The third kappa shape index (κ3) is 2.89. The van der Waals surface area contributed by atoms with Crippen LogP contribution in [-0.4, -0.2) is 20.6 Å². The van der Waals surface area contributed by atoms with Gasteiger partial charge in [0.15, 0.2) is 0 Å². The predicted octanol–water partition coefficient (Wildman–Crippen LogP) is 0.994. The van der Waals surface area contributed by atoms with Crippen molar-refractivity contribution in [2.75, 3.05) is 0 Å². The minimum absolute atomic E-state index is 0.0343. The number of rotatable bonds is 4. The van der Waals surface area contributed by atoms with Crippen molar-refractivity contribution in [2.45, 2.75) is 13.0 Å². The molecular weight excluding hydrogens is 284 g/mol. The molecule has 16 heavy (non-hydrogen) atoms. The molecule has 0 saturated heterocycles. The highest BCUT2D eigenvalue weighted by Crippen LogP contribution is 2.14. The normalized spacial score (nSPS) is 10.1. The van der Waals surface area contributed by atoms with Gasteiger partial charge in [0, 0.05) is 12.6 Å². The van der Waals surface area contributed by atoms with Crippen LogP contribution < -0.4 is 5.56 Å². The Morgan fingerprint density at radius 1 is 1.62 bits per heavy atom. The molecule has 1 rings (SSSR count). The summed E-state index contributed by atoms with van der Waals surface area (Å²) in [5, 5.41) is 19.0. The van der Waals surface area contributed by atoms with E-state index < -0.39 is 16.5 Å². The van der Waals surface area contributed by atoms with E-state index in [0.717, 1.165) is 16.8 Å². The molecule has 0 aromatic carbocycles. The standard InChI is InChI=1S/C8H7BrN2O5/c9-6-3-5(11(15)16)4-10(8(6)14)2-1-7(12)13/h3-4H,1-2H2,(H,12,13). The summed E-state index contributed by atoms with van der Waals surface area (Å²) in [4.78, 5) is 31.6. The van der Waals surface area contributed by atoms with Crippen LogP contribution in [0.15, 0.2) is 21.5 Å². The van der Waals surface area contributed by atoms with E-state index in [2.05, 4.69) is 15.9 Å². The Morgan fingerprint density at radius 2 is 2.25 bits per heavy atom. The highest BCUT2D eigenvalue weighted by Gasteiger charge is 2.12. The van der Waals surface area contributed by atoms with Crippen LogP contribution in [0.1, 0.15) is 6.42 Å². The summed E-state index contributed by atoms with van der Waals surface area (Å²) in [5.74, 6) is -1.07. The second-order valence-corrected chi connectivity index (χ2v) is 3.80. The van der Waals surface area contributed by atoms with Gasteiger partial charge in [-0.2, -0.15) is 0 Å². The number of aliphatic carboxylic acids is 1. The lowest BCUT2D eigenvalue weighted by Crippen LogP contribution is -2.22. The second-order valence-electron chi connectivity index (χ2n) is 2.95. The summed E-state index contributed by atoms with van der Waals surface area (Å²) in [7, 11) is 0. The maximum absolute atomic E-state index is 11.5. The van der Waals surface area contributed by atoms with Crippen molar-refractivity contribution in [3.05, 3.63) is 37.2 Å². The summed E-state index contributed by atoms with van der Waals surface area (Å²) < 4.78 is 1.03. The van der Waals surface area contributed by atoms with E-state index in [1.807, 2.05) is 0 Å². The van der Waals surface area contributed by atoms with E-state index >= 15 is 0 Å². The smallest absolute Gasteiger partial charge is 0.305 e. The molecule has 1 aromatic rings. The maximum atomic E-state index is 11.5. The van der Waals surface area contributed by atoms with Crippen LogP contribution in [0, 0.1) is 10.1 Å². The van der Waals surface area contributed by atoms with Crippen molar-refractivity contribution in [3.63, 3.8) is 0 Å². The number of hydrogen-bond donors (Lipinski definition) is 1. The first-order valence-electron chi connectivity index (χ1n) is 4.18. The zero-order chi connectivity index (χ0) is 12.3. The first-order chi connectivity index (χ1) is 7.41. The zero-order valence-corrected chi connectivity index (χ0v) is 9.51. The van der Waals surface area contributed by atoms with Gasteiger partial charge in [0.1, 0.15) is 0 Å². The number of carbonyl (C=O) groups is 1. The molecule has 0 radical (unpaired) electrons. The second kappa shape index (κ2) is 4.88. The van der Waals surface area contributed by atoms with Crippen LogP contribution in [-0.2, 0) is 11.3 Å². The summed E-state index contributed by atoms with van der Waals surface area (Å²) >= 11 is 2.89. The maximum Gasteiger partial charge on any atom is 0.305 e. The van der Waals surface area contributed by atoms with Gasteiger partial charge in [0.2, 0.25) is 0 Å². The van der Waals surface area contributed by atoms with Crippen molar-refractivity contribution < 1.29 is 14.8 Å². The fourth-order valence-corrected chi connectivity index (χ4v) is 1.53. The highest BCUT2D eigenvalue weighted by atomic mass is 79.9. The number of hydrogen-bond acceptors (Lipinski definition) is 4. The van der Waals surface area contributed by atoms with Crippen molar-refractivity contribution in [1.82, 2.24) is 4.57 Å². The van der Waals surface area contributed by atoms with Crippen LogP contribution in [0.2, 0.25) is 0 Å². The first kappa shape index (κ1) is 12.4. The Kier molecular flexibility index (Phi) is 3.78. The average Bonchev–Trinajstić information content (AvgIpc) is 2.19. The van der Waals surface area contributed by atoms with Crippen molar-refractivity contribution >= 4 is 27.6 Å². The van der Waals surface area contributed by atoms with Crippen LogP contribution in [0.4, 0.5) is 5.69 Å².